The lowest BCUT2D eigenvalue weighted by atomic mass is 9.85. The van der Waals surface area contributed by atoms with Crippen LogP contribution in [0.25, 0.3) is 22.0 Å². The zero-order valence-electron chi connectivity index (χ0n) is 14.1. The molecule has 0 saturated heterocycles. The average molecular weight is 350 g/mol. The molecule has 3 nitrogen and oxygen atoms in total. The van der Waals surface area contributed by atoms with E-state index >= 15 is 0 Å². The third-order valence-electron chi connectivity index (χ3n) is 5.27. The Morgan fingerprint density at radius 1 is 1.20 bits per heavy atom. The standard InChI is InChI=1S/C21H22N2OS/c22-21(25)17-6-2-5-16(10-17)19-12-23(11-14-3-1-4-14)20-9-15(13-24)7-8-18(19)20/h2,5-10,12,14,24H,1,3-4,11,13H2,(H2,22,25). The van der Waals surface area contributed by atoms with Crippen LogP contribution in [-0.4, -0.2) is 14.7 Å². The molecule has 1 heterocycles. The summed E-state index contributed by atoms with van der Waals surface area (Å²) in [5.41, 5.74) is 11.1. The topological polar surface area (TPSA) is 51.2 Å². The number of hydrogen-bond donors (Lipinski definition) is 2. The molecule has 25 heavy (non-hydrogen) atoms. The first-order valence-electron chi connectivity index (χ1n) is 8.78. The molecule has 1 aliphatic carbocycles. The van der Waals surface area contributed by atoms with E-state index in [9.17, 15) is 5.11 Å². The number of rotatable bonds is 5. The molecule has 4 heteroatoms. The van der Waals surface area contributed by atoms with Crippen LogP contribution in [0.2, 0.25) is 0 Å². The Morgan fingerprint density at radius 3 is 2.72 bits per heavy atom. The van der Waals surface area contributed by atoms with Crippen LogP contribution in [0, 0.1) is 5.92 Å². The van der Waals surface area contributed by atoms with Crippen molar-refractivity contribution in [2.24, 2.45) is 11.7 Å². The summed E-state index contributed by atoms with van der Waals surface area (Å²) in [7, 11) is 0. The molecule has 4 rings (SSSR count). The number of aromatic nitrogens is 1. The lowest BCUT2D eigenvalue weighted by Gasteiger charge is -2.26. The molecule has 1 fully saturated rings. The Balaban J connectivity index is 1.85. The van der Waals surface area contributed by atoms with Crippen LogP contribution in [0.15, 0.2) is 48.7 Å². The molecule has 1 saturated carbocycles. The zero-order valence-corrected chi connectivity index (χ0v) is 14.9. The second-order valence-corrected chi connectivity index (χ2v) is 7.39. The van der Waals surface area contributed by atoms with Gasteiger partial charge in [-0.25, -0.2) is 0 Å². The summed E-state index contributed by atoms with van der Waals surface area (Å²) in [4.78, 5) is 0.419. The third-order valence-corrected chi connectivity index (χ3v) is 5.50. The summed E-state index contributed by atoms with van der Waals surface area (Å²) in [6.07, 6.45) is 6.20. The summed E-state index contributed by atoms with van der Waals surface area (Å²) >= 11 is 5.13. The third kappa shape index (κ3) is 3.08. The fourth-order valence-electron chi connectivity index (χ4n) is 3.61. The minimum atomic E-state index is 0.0663. The molecule has 0 atom stereocenters. The molecule has 1 aliphatic rings. The maximum Gasteiger partial charge on any atom is 0.104 e. The molecule has 3 aromatic rings. The van der Waals surface area contributed by atoms with E-state index < -0.39 is 0 Å². The highest BCUT2D eigenvalue weighted by Crippen LogP contribution is 2.35. The van der Waals surface area contributed by atoms with Gasteiger partial charge in [-0.3, -0.25) is 0 Å². The van der Waals surface area contributed by atoms with Crippen molar-refractivity contribution < 1.29 is 5.11 Å². The Kier molecular flexibility index (Phi) is 4.32. The molecule has 0 bridgehead atoms. The van der Waals surface area contributed by atoms with Crippen molar-refractivity contribution in [3.05, 3.63) is 59.8 Å². The van der Waals surface area contributed by atoms with E-state index in [2.05, 4.69) is 35.0 Å². The second kappa shape index (κ2) is 6.62. The van der Waals surface area contributed by atoms with Gasteiger partial charge in [-0.2, -0.15) is 0 Å². The summed E-state index contributed by atoms with van der Waals surface area (Å²) < 4.78 is 2.35. The fourth-order valence-corrected chi connectivity index (χ4v) is 3.74. The van der Waals surface area contributed by atoms with Gasteiger partial charge in [0, 0.05) is 34.8 Å². The van der Waals surface area contributed by atoms with Gasteiger partial charge in [-0.05, 0) is 42.0 Å². The smallest absolute Gasteiger partial charge is 0.104 e. The monoisotopic (exact) mass is 350 g/mol. The predicted octanol–water partition coefficient (Wildman–Crippen LogP) is 4.23. The van der Waals surface area contributed by atoms with E-state index in [-0.39, 0.29) is 6.61 Å². The molecular weight excluding hydrogens is 328 g/mol. The first-order chi connectivity index (χ1) is 12.2. The quantitative estimate of drug-likeness (QED) is 0.677. The summed E-state index contributed by atoms with van der Waals surface area (Å²) in [5.74, 6) is 0.768. The average Bonchev–Trinajstić information content (AvgIpc) is 2.96. The molecule has 0 amide bonds. The number of thiocarbonyl (C=S) groups is 1. The van der Waals surface area contributed by atoms with Crippen LogP contribution >= 0.6 is 12.2 Å². The Hall–Kier alpha value is -2.17. The van der Waals surface area contributed by atoms with Gasteiger partial charge in [0.15, 0.2) is 0 Å². The van der Waals surface area contributed by atoms with Gasteiger partial charge in [0.2, 0.25) is 0 Å². The van der Waals surface area contributed by atoms with Crippen LogP contribution in [0.5, 0.6) is 0 Å². The molecule has 2 aromatic carbocycles. The summed E-state index contributed by atoms with van der Waals surface area (Å²) in [6, 6.07) is 14.3. The van der Waals surface area contributed by atoms with Gasteiger partial charge >= 0.3 is 0 Å². The highest BCUT2D eigenvalue weighted by molar-refractivity contribution is 7.80. The van der Waals surface area contributed by atoms with Gasteiger partial charge in [0.1, 0.15) is 4.99 Å². The minimum absolute atomic E-state index is 0.0663. The Bertz CT molecular complexity index is 940. The molecule has 0 aliphatic heterocycles. The van der Waals surface area contributed by atoms with Crippen LogP contribution in [0.3, 0.4) is 0 Å². The largest absolute Gasteiger partial charge is 0.392 e. The first-order valence-corrected chi connectivity index (χ1v) is 9.19. The Labute approximate surface area is 153 Å². The van der Waals surface area contributed by atoms with E-state index in [1.54, 1.807) is 0 Å². The van der Waals surface area contributed by atoms with E-state index in [1.165, 1.54) is 35.7 Å². The van der Waals surface area contributed by atoms with Crippen molar-refractivity contribution in [1.82, 2.24) is 4.57 Å². The molecule has 0 spiro atoms. The first kappa shape index (κ1) is 16.3. The van der Waals surface area contributed by atoms with Crippen molar-refractivity contribution in [3.8, 4) is 11.1 Å². The molecule has 128 valence electrons. The highest BCUT2D eigenvalue weighted by Gasteiger charge is 2.20. The molecule has 0 unspecified atom stereocenters. The summed E-state index contributed by atoms with van der Waals surface area (Å²) in [6.45, 7) is 1.11. The number of nitrogens with zero attached hydrogens (tertiary/aromatic N) is 1. The van der Waals surface area contributed by atoms with Gasteiger partial charge in [-0.1, -0.05) is 49.0 Å². The molecule has 1 aromatic heterocycles. The molecular formula is C21H22N2OS. The van der Waals surface area contributed by atoms with Gasteiger partial charge in [0.25, 0.3) is 0 Å². The highest BCUT2D eigenvalue weighted by atomic mass is 32.1. The number of aliphatic hydroxyl groups excluding tert-OH is 1. The van der Waals surface area contributed by atoms with E-state index in [4.69, 9.17) is 18.0 Å². The van der Waals surface area contributed by atoms with Crippen molar-refractivity contribution in [2.75, 3.05) is 0 Å². The van der Waals surface area contributed by atoms with Crippen LogP contribution < -0.4 is 5.73 Å². The van der Waals surface area contributed by atoms with Gasteiger partial charge in [0.05, 0.1) is 6.61 Å². The van der Waals surface area contributed by atoms with Gasteiger partial charge < -0.3 is 15.4 Å². The van der Waals surface area contributed by atoms with Crippen LogP contribution in [0.4, 0.5) is 0 Å². The van der Waals surface area contributed by atoms with Gasteiger partial charge in [-0.15, -0.1) is 0 Å². The minimum Gasteiger partial charge on any atom is -0.392 e. The van der Waals surface area contributed by atoms with E-state index in [0.717, 1.165) is 29.2 Å². The predicted molar refractivity (Wildman–Crippen MR) is 107 cm³/mol. The van der Waals surface area contributed by atoms with E-state index in [0.29, 0.717) is 4.99 Å². The number of hydrogen-bond acceptors (Lipinski definition) is 2. The zero-order chi connectivity index (χ0) is 17.4. The number of aliphatic hydroxyl groups is 1. The Morgan fingerprint density at radius 2 is 2.04 bits per heavy atom. The van der Waals surface area contributed by atoms with Crippen molar-refractivity contribution in [1.29, 1.82) is 0 Å². The maximum absolute atomic E-state index is 9.51. The van der Waals surface area contributed by atoms with E-state index in [1.807, 2.05) is 18.2 Å². The fraction of sp³-hybridized carbons (Fsp3) is 0.286. The number of benzene rings is 2. The SMILES string of the molecule is NC(=S)c1cccc(-c2cn(CC3CCC3)c3cc(CO)ccc23)c1. The summed E-state index contributed by atoms with van der Waals surface area (Å²) in [5, 5.41) is 10.7. The molecule has 0 radical (unpaired) electrons. The maximum atomic E-state index is 9.51. The lowest BCUT2D eigenvalue weighted by Crippen LogP contribution is -2.17. The normalized spacial score (nSPS) is 14.6. The van der Waals surface area contributed by atoms with Crippen molar-refractivity contribution in [2.45, 2.75) is 32.4 Å². The van der Waals surface area contributed by atoms with Crippen molar-refractivity contribution >= 4 is 28.1 Å². The van der Waals surface area contributed by atoms with Crippen molar-refractivity contribution in [3.63, 3.8) is 0 Å². The van der Waals surface area contributed by atoms with Crippen LogP contribution in [-0.2, 0) is 13.2 Å². The molecule has 3 N–H and O–H groups in total. The lowest BCUT2D eigenvalue weighted by molar-refractivity contribution is 0.279. The van der Waals surface area contributed by atoms with Crippen LogP contribution in [0.1, 0.15) is 30.4 Å². The second-order valence-electron chi connectivity index (χ2n) is 6.95. The number of nitrogens with two attached hydrogens (primary N) is 1. The number of fused-ring (bicyclic) bond motifs is 1.